The standard InChI is InChI=1S/C8H10F3NO2.ClH/c9-8(10,11)7-1-6(2-7,3-7)4(12)5(13)14;/h4H,1-3,12H2,(H,13,14);1H. The number of carbonyl (C=O) groups is 1. The van der Waals surface area contributed by atoms with Gasteiger partial charge in [-0.1, -0.05) is 0 Å². The molecule has 0 aliphatic heterocycles. The number of halogens is 4. The van der Waals surface area contributed by atoms with E-state index in [4.69, 9.17) is 10.8 Å². The maximum atomic E-state index is 12.4. The first-order chi connectivity index (χ1) is 6.23. The van der Waals surface area contributed by atoms with E-state index in [1.54, 1.807) is 0 Å². The van der Waals surface area contributed by atoms with E-state index in [2.05, 4.69) is 0 Å². The van der Waals surface area contributed by atoms with E-state index in [0.717, 1.165) is 0 Å². The lowest BCUT2D eigenvalue weighted by atomic mass is 9.33. The van der Waals surface area contributed by atoms with Gasteiger partial charge < -0.3 is 10.8 Å². The lowest BCUT2D eigenvalue weighted by Crippen LogP contribution is -2.74. The van der Waals surface area contributed by atoms with Gasteiger partial charge in [0.05, 0.1) is 5.41 Å². The van der Waals surface area contributed by atoms with Crippen LogP contribution in [-0.4, -0.2) is 23.3 Å². The largest absolute Gasteiger partial charge is 0.480 e. The van der Waals surface area contributed by atoms with Crippen molar-refractivity contribution in [1.82, 2.24) is 0 Å². The molecule has 7 heteroatoms. The summed E-state index contributed by atoms with van der Waals surface area (Å²) in [6.45, 7) is 0. The maximum Gasteiger partial charge on any atom is 0.394 e. The third-order valence-electron chi connectivity index (χ3n) is 3.60. The van der Waals surface area contributed by atoms with Gasteiger partial charge in [0.25, 0.3) is 0 Å². The summed E-state index contributed by atoms with van der Waals surface area (Å²) in [7, 11) is 0. The minimum atomic E-state index is -4.20. The number of alkyl halides is 3. The number of hydrogen-bond donors (Lipinski definition) is 2. The Bertz CT molecular complexity index is 285. The molecule has 2 bridgehead atoms. The zero-order valence-electron chi connectivity index (χ0n) is 7.67. The molecule has 3 saturated carbocycles. The van der Waals surface area contributed by atoms with Crippen LogP contribution in [0.3, 0.4) is 0 Å². The van der Waals surface area contributed by atoms with E-state index in [-0.39, 0.29) is 31.7 Å². The van der Waals surface area contributed by atoms with Crippen molar-refractivity contribution in [3.63, 3.8) is 0 Å². The lowest BCUT2D eigenvalue weighted by Gasteiger charge is -2.71. The van der Waals surface area contributed by atoms with Crippen molar-refractivity contribution in [2.24, 2.45) is 16.6 Å². The molecule has 0 radical (unpaired) electrons. The molecule has 0 aromatic carbocycles. The van der Waals surface area contributed by atoms with Crippen molar-refractivity contribution < 1.29 is 23.1 Å². The van der Waals surface area contributed by atoms with Gasteiger partial charge in [-0.2, -0.15) is 13.2 Å². The summed E-state index contributed by atoms with van der Waals surface area (Å²) in [5.41, 5.74) is 2.94. The minimum Gasteiger partial charge on any atom is -0.480 e. The number of nitrogens with two attached hydrogens (primary N) is 1. The predicted molar refractivity (Wildman–Crippen MR) is 47.6 cm³/mol. The molecule has 3 rings (SSSR count). The highest BCUT2D eigenvalue weighted by Gasteiger charge is 2.80. The molecule has 3 fully saturated rings. The first-order valence-electron chi connectivity index (χ1n) is 4.28. The van der Waals surface area contributed by atoms with Gasteiger partial charge in [-0.05, 0) is 24.7 Å². The van der Waals surface area contributed by atoms with Crippen molar-refractivity contribution in [1.29, 1.82) is 0 Å². The van der Waals surface area contributed by atoms with Crippen molar-refractivity contribution in [3.05, 3.63) is 0 Å². The Morgan fingerprint density at radius 2 is 1.73 bits per heavy atom. The fraction of sp³-hybridized carbons (Fsp3) is 0.875. The molecular weight excluding hydrogens is 235 g/mol. The van der Waals surface area contributed by atoms with Gasteiger partial charge in [0.1, 0.15) is 6.04 Å². The summed E-state index contributed by atoms with van der Waals surface area (Å²) in [5, 5.41) is 8.59. The summed E-state index contributed by atoms with van der Waals surface area (Å²) >= 11 is 0. The number of carboxylic acid groups (broad SMARTS) is 1. The summed E-state index contributed by atoms with van der Waals surface area (Å²) in [6.07, 6.45) is -4.54. The smallest absolute Gasteiger partial charge is 0.394 e. The fourth-order valence-corrected chi connectivity index (χ4v) is 2.76. The zero-order valence-corrected chi connectivity index (χ0v) is 8.49. The summed E-state index contributed by atoms with van der Waals surface area (Å²) < 4.78 is 37.1. The van der Waals surface area contributed by atoms with E-state index in [1.807, 2.05) is 0 Å². The zero-order chi connectivity index (χ0) is 10.8. The quantitative estimate of drug-likeness (QED) is 0.776. The molecule has 1 unspecified atom stereocenters. The van der Waals surface area contributed by atoms with Crippen LogP contribution >= 0.6 is 12.4 Å². The summed E-state index contributed by atoms with van der Waals surface area (Å²) in [4.78, 5) is 10.5. The summed E-state index contributed by atoms with van der Waals surface area (Å²) in [5.74, 6) is -1.21. The molecule has 1 atom stereocenters. The van der Waals surface area contributed by atoms with Crippen LogP contribution in [0.2, 0.25) is 0 Å². The first kappa shape index (κ1) is 12.6. The normalized spacial score (nSPS) is 39.5. The van der Waals surface area contributed by atoms with Crippen LogP contribution in [0.4, 0.5) is 13.2 Å². The Hall–Kier alpha value is -0.490. The van der Waals surface area contributed by atoms with E-state index in [1.165, 1.54) is 0 Å². The Labute approximate surface area is 90.2 Å². The highest BCUT2D eigenvalue weighted by atomic mass is 35.5. The predicted octanol–water partition coefficient (Wildman–Crippen LogP) is 1.55. The SMILES string of the molecule is Cl.NC(C(=O)O)C12CC(C(F)(F)F)(C1)C2. The van der Waals surface area contributed by atoms with Gasteiger partial charge in [-0.25, -0.2) is 0 Å². The van der Waals surface area contributed by atoms with Crippen LogP contribution in [-0.2, 0) is 4.79 Å². The van der Waals surface area contributed by atoms with Gasteiger partial charge in [-0.3, -0.25) is 4.79 Å². The number of aliphatic carboxylic acids is 1. The second kappa shape index (κ2) is 3.01. The van der Waals surface area contributed by atoms with Gasteiger partial charge in [0.2, 0.25) is 0 Å². The van der Waals surface area contributed by atoms with Crippen LogP contribution in [0, 0.1) is 10.8 Å². The number of rotatable bonds is 2. The van der Waals surface area contributed by atoms with Crippen LogP contribution < -0.4 is 5.73 Å². The second-order valence-electron chi connectivity index (χ2n) is 4.49. The highest BCUT2D eigenvalue weighted by Crippen LogP contribution is 2.79. The van der Waals surface area contributed by atoms with E-state index >= 15 is 0 Å². The van der Waals surface area contributed by atoms with Crippen LogP contribution in [0.1, 0.15) is 19.3 Å². The Kier molecular flexibility index (Phi) is 2.52. The molecule has 0 amide bonds. The molecule has 0 saturated heterocycles. The minimum absolute atomic E-state index is 0. The van der Waals surface area contributed by atoms with Crippen LogP contribution in [0.5, 0.6) is 0 Å². The van der Waals surface area contributed by atoms with E-state index in [9.17, 15) is 18.0 Å². The molecule has 0 heterocycles. The average molecular weight is 246 g/mol. The molecule has 88 valence electrons. The van der Waals surface area contributed by atoms with Crippen molar-refractivity contribution in [2.45, 2.75) is 31.5 Å². The second-order valence-corrected chi connectivity index (χ2v) is 4.49. The maximum absolute atomic E-state index is 12.4. The Morgan fingerprint density at radius 1 is 1.33 bits per heavy atom. The lowest BCUT2D eigenvalue weighted by molar-refractivity contribution is -0.366. The molecule has 15 heavy (non-hydrogen) atoms. The molecule has 3 aliphatic carbocycles. The number of carboxylic acids is 1. The van der Waals surface area contributed by atoms with Gasteiger partial charge >= 0.3 is 12.1 Å². The monoisotopic (exact) mass is 245 g/mol. The Morgan fingerprint density at radius 3 is 2.00 bits per heavy atom. The average Bonchev–Trinajstić information content (AvgIpc) is 1.76. The third-order valence-corrected chi connectivity index (χ3v) is 3.60. The highest BCUT2D eigenvalue weighted by molar-refractivity contribution is 5.85. The van der Waals surface area contributed by atoms with Crippen molar-refractivity contribution in [3.8, 4) is 0 Å². The van der Waals surface area contributed by atoms with Crippen LogP contribution in [0.15, 0.2) is 0 Å². The first-order valence-corrected chi connectivity index (χ1v) is 4.28. The molecule has 3 aliphatic rings. The van der Waals surface area contributed by atoms with Gasteiger partial charge in [0, 0.05) is 0 Å². The fourth-order valence-electron chi connectivity index (χ4n) is 2.76. The molecule has 0 spiro atoms. The third kappa shape index (κ3) is 1.34. The summed E-state index contributed by atoms with van der Waals surface area (Å²) in [6, 6.07) is -1.15. The van der Waals surface area contributed by atoms with Gasteiger partial charge in [-0.15, -0.1) is 12.4 Å². The topological polar surface area (TPSA) is 63.3 Å². The molecule has 0 aromatic heterocycles. The molecule has 3 N–H and O–H groups in total. The Balaban J connectivity index is 0.00000112. The number of hydrogen-bond acceptors (Lipinski definition) is 2. The molecule has 3 nitrogen and oxygen atoms in total. The molecular formula is C8H11ClF3NO2. The molecule has 0 aromatic rings. The van der Waals surface area contributed by atoms with E-state index in [0.29, 0.717) is 0 Å². The van der Waals surface area contributed by atoms with Crippen molar-refractivity contribution in [2.75, 3.05) is 0 Å². The van der Waals surface area contributed by atoms with E-state index < -0.39 is 29.0 Å². The van der Waals surface area contributed by atoms with Crippen LogP contribution in [0.25, 0.3) is 0 Å². The van der Waals surface area contributed by atoms with Crippen molar-refractivity contribution >= 4 is 18.4 Å². The van der Waals surface area contributed by atoms with Gasteiger partial charge in [0.15, 0.2) is 0 Å².